The molecule has 0 saturated carbocycles. The van der Waals surface area contributed by atoms with Crippen molar-refractivity contribution in [3.05, 3.63) is 21.3 Å². The summed E-state index contributed by atoms with van der Waals surface area (Å²) in [4.78, 5) is 7.37. The van der Waals surface area contributed by atoms with Gasteiger partial charge in [-0.3, -0.25) is 0 Å². The molecule has 0 aromatic carbocycles. The summed E-state index contributed by atoms with van der Waals surface area (Å²) in [6.07, 6.45) is 5.82. The van der Waals surface area contributed by atoms with Crippen LogP contribution in [0.25, 0.3) is 0 Å². The minimum atomic E-state index is -1.72. The topological polar surface area (TPSA) is 0 Å². The molecule has 0 aromatic rings. The molecule has 1 heteroatoms. The maximum absolute atomic E-state index is 2.46. The van der Waals surface area contributed by atoms with E-state index in [1.54, 1.807) is 3.59 Å². The third kappa shape index (κ3) is 5.02. The van der Waals surface area contributed by atoms with Gasteiger partial charge in [0.2, 0.25) is 0 Å². The first kappa shape index (κ1) is 12.3. The second-order valence-corrected chi connectivity index (χ2v) is 19.5. The van der Waals surface area contributed by atoms with Crippen molar-refractivity contribution in [2.75, 3.05) is 0 Å². The molecule has 0 radical (unpaired) electrons. The first-order valence-corrected chi connectivity index (χ1v) is 14.7. The van der Waals surface area contributed by atoms with Gasteiger partial charge in [0, 0.05) is 0 Å². The normalized spacial score (nSPS) is 15.2. The predicted octanol–water partition coefficient (Wildman–Crippen LogP) is 4.17. The van der Waals surface area contributed by atoms with Crippen LogP contribution in [0.3, 0.4) is 0 Å². The van der Waals surface area contributed by atoms with E-state index in [4.69, 9.17) is 0 Å². The summed E-state index contributed by atoms with van der Waals surface area (Å²) in [7, 11) is 0. The fourth-order valence-electron chi connectivity index (χ4n) is 0.939. The molecule has 0 spiro atoms. The summed E-state index contributed by atoms with van der Waals surface area (Å²) in [6.45, 7) is 6.68. The molecule has 0 aliphatic heterocycles. The van der Waals surface area contributed by atoms with Gasteiger partial charge in [-0.15, -0.1) is 0 Å². The molecule has 0 fully saturated rings. The Balaban J connectivity index is 4.47. The van der Waals surface area contributed by atoms with Gasteiger partial charge in [0.1, 0.15) is 0 Å². The van der Waals surface area contributed by atoms with Gasteiger partial charge in [0.25, 0.3) is 0 Å². The van der Waals surface area contributed by atoms with E-state index >= 15 is 0 Å². The van der Waals surface area contributed by atoms with Gasteiger partial charge in [0.05, 0.1) is 0 Å². The van der Waals surface area contributed by atoms with Crippen LogP contribution >= 0.6 is 0 Å². The van der Waals surface area contributed by atoms with E-state index in [1.807, 2.05) is 0 Å². The van der Waals surface area contributed by atoms with Crippen LogP contribution in [0.5, 0.6) is 0 Å². The van der Waals surface area contributed by atoms with Crippen LogP contribution in [0.1, 0.15) is 27.2 Å². The second-order valence-electron chi connectivity index (χ2n) is 4.43. The van der Waals surface area contributed by atoms with Crippen molar-refractivity contribution in [3.8, 4) is 0 Å². The molecule has 0 aliphatic carbocycles. The van der Waals surface area contributed by atoms with E-state index in [1.165, 1.54) is 5.57 Å². The molecule has 0 amide bonds. The molecule has 0 atom stereocenters. The molecule has 0 bridgehead atoms. The molecule has 0 nitrogen and oxygen atoms in total. The first-order valence-electron chi connectivity index (χ1n) is 4.73. The van der Waals surface area contributed by atoms with E-state index in [0.717, 1.165) is 6.42 Å². The molecule has 70 valence electrons. The summed E-state index contributed by atoms with van der Waals surface area (Å²) in [6, 6.07) is 0. The van der Waals surface area contributed by atoms with Crippen LogP contribution in [-0.4, -0.2) is 18.4 Å². The Kier molecular flexibility index (Phi) is 5.22. The molecule has 0 aliphatic rings. The van der Waals surface area contributed by atoms with Gasteiger partial charge in [-0.25, -0.2) is 0 Å². The molecule has 0 unspecified atom stereocenters. The summed E-state index contributed by atoms with van der Waals surface area (Å²) in [5.41, 5.74) is 1.43. The van der Waals surface area contributed by atoms with Crippen LogP contribution in [0.4, 0.5) is 0 Å². The van der Waals surface area contributed by atoms with Gasteiger partial charge in [0.15, 0.2) is 0 Å². The van der Waals surface area contributed by atoms with Gasteiger partial charge in [-0.05, 0) is 0 Å². The van der Waals surface area contributed by atoms with E-state index in [0.29, 0.717) is 0 Å². The Labute approximate surface area is 81.6 Å². The molecule has 0 saturated heterocycles. The second kappa shape index (κ2) is 5.10. The average molecular weight is 273 g/mol. The van der Waals surface area contributed by atoms with Crippen molar-refractivity contribution in [1.82, 2.24) is 0 Å². The monoisotopic (exact) mass is 274 g/mol. The Hall–Kier alpha value is 0.279. The van der Waals surface area contributed by atoms with Crippen molar-refractivity contribution < 1.29 is 0 Å². The van der Waals surface area contributed by atoms with Gasteiger partial charge < -0.3 is 0 Å². The third-order valence-electron chi connectivity index (χ3n) is 2.15. The van der Waals surface area contributed by atoms with Crippen LogP contribution in [0.2, 0.25) is 14.8 Å². The van der Waals surface area contributed by atoms with Crippen LogP contribution in [0.15, 0.2) is 21.3 Å². The van der Waals surface area contributed by atoms with E-state index in [-0.39, 0.29) is 0 Å². The zero-order chi connectivity index (χ0) is 9.78. The fraction of sp³-hybridized carbons (Fsp3) is 0.636. The standard InChI is InChI=1S/C8H13.3CH3.Sn/c1-4-6-8(3)7-5-2;;;;/h6-7H,4H2,1-3H3;3*1H3;/b7-5?,8-6+;;;;. The Morgan fingerprint density at radius 1 is 1.17 bits per heavy atom. The number of hydrogen-bond acceptors (Lipinski definition) is 0. The molecule has 0 N–H and O–H groups in total. The molecular weight excluding hydrogens is 251 g/mol. The number of allylic oxidation sites excluding steroid dienone is 4. The van der Waals surface area contributed by atoms with Crippen LogP contribution in [-0.2, 0) is 0 Å². The van der Waals surface area contributed by atoms with Crippen LogP contribution in [0, 0.1) is 0 Å². The maximum atomic E-state index is 2.46. The van der Waals surface area contributed by atoms with Crippen molar-refractivity contribution in [2.24, 2.45) is 0 Å². The summed E-state index contributed by atoms with van der Waals surface area (Å²) in [5, 5.41) is 0. The third-order valence-corrected chi connectivity index (χ3v) is 9.32. The summed E-state index contributed by atoms with van der Waals surface area (Å²) in [5.74, 6) is 0. The van der Waals surface area contributed by atoms with Crippen molar-refractivity contribution >= 4 is 18.4 Å². The van der Waals surface area contributed by atoms with Crippen molar-refractivity contribution in [3.63, 3.8) is 0 Å². The Morgan fingerprint density at radius 3 is 2.00 bits per heavy atom. The van der Waals surface area contributed by atoms with Gasteiger partial charge in [-0.2, -0.15) is 0 Å². The van der Waals surface area contributed by atoms with Gasteiger partial charge in [-0.1, -0.05) is 0 Å². The Morgan fingerprint density at radius 2 is 1.67 bits per heavy atom. The molecule has 12 heavy (non-hydrogen) atoms. The van der Waals surface area contributed by atoms with E-state index in [9.17, 15) is 0 Å². The minimum absolute atomic E-state index is 1.15. The first-order chi connectivity index (χ1) is 5.38. The predicted molar refractivity (Wildman–Crippen MR) is 61.2 cm³/mol. The van der Waals surface area contributed by atoms with Crippen molar-refractivity contribution in [2.45, 2.75) is 42.0 Å². The zero-order valence-electron chi connectivity index (χ0n) is 9.36. The summed E-state index contributed by atoms with van der Waals surface area (Å²) < 4.78 is 1.66. The summed E-state index contributed by atoms with van der Waals surface area (Å²) >= 11 is -1.72. The molecular formula is C11H22Sn. The molecule has 0 heterocycles. The van der Waals surface area contributed by atoms with E-state index in [2.05, 4.69) is 47.7 Å². The SMILES string of the molecule is CC/C=C(C)/C=[C](/C)[Sn]([CH3])([CH3])[CH3]. The van der Waals surface area contributed by atoms with Crippen LogP contribution < -0.4 is 0 Å². The average Bonchev–Trinajstić information content (AvgIpc) is 1.85. The number of hydrogen-bond donors (Lipinski definition) is 0. The fourth-order valence-corrected chi connectivity index (χ4v) is 2.82. The van der Waals surface area contributed by atoms with Gasteiger partial charge >= 0.3 is 81.7 Å². The molecule has 0 rings (SSSR count). The van der Waals surface area contributed by atoms with Crippen molar-refractivity contribution in [1.29, 1.82) is 0 Å². The number of rotatable bonds is 3. The van der Waals surface area contributed by atoms with E-state index < -0.39 is 18.4 Å². The Bertz CT molecular complexity index is 192. The molecule has 0 aromatic heterocycles. The zero-order valence-corrected chi connectivity index (χ0v) is 12.2. The quantitative estimate of drug-likeness (QED) is 0.535.